The molecule has 0 bridgehead atoms. The molecule has 2 aromatic rings. The number of hydrogen-bond donors (Lipinski definition) is 8. The molecule has 0 saturated carbocycles. The van der Waals surface area contributed by atoms with Gasteiger partial charge < -0.3 is 35.7 Å². The number of aliphatic hydroxyl groups is 7. The molecule has 8 nitrogen and oxygen atoms in total. The van der Waals surface area contributed by atoms with E-state index in [1.807, 2.05) is 11.0 Å². The first-order chi connectivity index (χ1) is 19.1. The summed E-state index contributed by atoms with van der Waals surface area (Å²) in [5.74, 6) is 0.529. The number of unbranched alkanes of at least 4 members (excludes halogenated alkanes) is 2. The van der Waals surface area contributed by atoms with Crippen LogP contribution in [0.15, 0.2) is 42.5 Å². The zero-order valence-corrected chi connectivity index (χ0v) is 24.7. The van der Waals surface area contributed by atoms with E-state index in [-0.39, 0.29) is 31.6 Å². The Kier molecular flexibility index (Phi) is 13.4. The second-order valence-corrected chi connectivity index (χ2v) is 13.8. The second-order valence-electron chi connectivity index (χ2n) is 11.4. The first-order valence-electron chi connectivity index (χ1n) is 14.3. The minimum atomic E-state index is -1.11. The largest absolute Gasteiger partial charge is 0.394 e. The Morgan fingerprint density at radius 3 is 2.10 bits per heavy atom. The fraction of sp³-hybridized carbons (Fsp3) is 0.613. The molecule has 0 radical (unpaired) electrons. The van der Waals surface area contributed by atoms with Gasteiger partial charge in [-0.2, -0.15) is 0 Å². The van der Waals surface area contributed by atoms with Gasteiger partial charge >= 0.3 is 0 Å². The Morgan fingerprint density at radius 1 is 0.850 bits per heavy atom. The fourth-order valence-corrected chi connectivity index (χ4v) is 7.96. The topological polar surface area (TPSA) is 145 Å². The lowest BCUT2D eigenvalue weighted by Crippen LogP contribution is -2.47. The third kappa shape index (κ3) is 9.51. The summed E-state index contributed by atoms with van der Waals surface area (Å²) in [5, 5.41) is 68.6. The smallest absolute Gasteiger partial charge is 0.108 e. The minimum absolute atomic E-state index is 0.151. The summed E-state index contributed by atoms with van der Waals surface area (Å²) in [5.41, 5.74) is 5.89. The van der Waals surface area contributed by atoms with Gasteiger partial charge in [0.1, 0.15) is 6.10 Å². The van der Waals surface area contributed by atoms with Crippen LogP contribution in [0.2, 0.25) is 0 Å². The molecule has 0 aromatic heterocycles. The van der Waals surface area contributed by atoms with Crippen LogP contribution in [0.1, 0.15) is 52.3 Å². The summed E-state index contributed by atoms with van der Waals surface area (Å²) in [4.78, 5) is 1.88. The number of benzene rings is 2. The monoisotopic (exact) mass is 579 g/mol. The molecular formula is C31H49NO7S. The van der Waals surface area contributed by atoms with Crippen molar-refractivity contribution in [2.75, 3.05) is 44.9 Å². The second kappa shape index (κ2) is 16.2. The van der Waals surface area contributed by atoms with Crippen molar-refractivity contribution in [3.05, 3.63) is 70.3 Å². The predicted octanol–water partition coefficient (Wildman–Crippen LogP) is 1.08. The van der Waals surface area contributed by atoms with Crippen LogP contribution in [0, 0.1) is 6.92 Å². The molecule has 2 aromatic carbocycles. The highest BCUT2D eigenvalue weighted by atomic mass is 32.2. The Balaban J connectivity index is 1.51. The SMILES string of the molecule is Cc1ccc([C@H]2[C@H](O)[C@H](O)[C@H](O)C[SH]2C)cc1Cc1ccc(CCCCCN(C[C@H](O)CO)C[C@H](O)CO)cc1. The first kappa shape index (κ1) is 33.0. The van der Waals surface area contributed by atoms with Gasteiger partial charge in [0.2, 0.25) is 0 Å². The lowest BCUT2D eigenvalue weighted by Gasteiger charge is -2.42. The van der Waals surface area contributed by atoms with Crippen molar-refractivity contribution in [2.24, 2.45) is 0 Å². The number of rotatable bonds is 15. The predicted molar refractivity (Wildman–Crippen MR) is 161 cm³/mol. The highest BCUT2D eigenvalue weighted by molar-refractivity contribution is 8.16. The van der Waals surface area contributed by atoms with Gasteiger partial charge in [-0.15, -0.1) is 0 Å². The van der Waals surface area contributed by atoms with Crippen LogP contribution in [-0.4, -0.2) is 116 Å². The van der Waals surface area contributed by atoms with Crippen molar-refractivity contribution in [3.8, 4) is 0 Å². The van der Waals surface area contributed by atoms with Crippen LogP contribution in [0.4, 0.5) is 0 Å². The molecule has 0 aliphatic carbocycles. The van der Waals surface area contributed by atoms with E-state index in [9.17, 15) is 25.5 Å². The maximum Gasteiger partial charge on any atom is 0.108 e. The third-order valence-electron chi connectivity index (χ3n) is 7.95. The molecule has 226 valence electrons. The standard InChI is InChI=1S/C31H49NO7S/c1-21-7-12-24(31-30(39)29(38)28(37)20-40(31)2)15-25(21)14-23-10-8-22(9-11-23)6-4-3-5-13-32(16-26(35)18-33)17-27(36)19-34/h7-12,15,26-31,33-40H,3-6,13-14,16-20H2,1-2H3/t26-,27-,28+,29+,30+,31-/m0/s1. The quantitative estimate of drug-likeness (QED) is 0.116. The van der Waals surface area contributed by atoms with E-state index in [1.165, 1.54) is 22.3 Å². The van der Waals surface area contributed by atoms with Gasteiger partial charge in [0.15, 0.2) is 0 Å². The Hall–Kier alpha value is -1.53. The van der Waals surface area contributed by atoms with Crippen LogP contribution < -0.4 is 0 Å². The number of hydrogen-bond acceptors (Lipinski definition) is 8. The molecular weight excluding hydrogens is 530 g/mol. The van der Waals surface area contributed by atoms with Crippen molar-refractivity contribution in [1.82, 2.24) is 4.90 Å². The fourth-order valence-electron chi connectivity index (χ4n) is 5.56. The molecule has 1 unspecified atom stereocenters. The highest BCUT2D eigenvalue weighted by Crippen LogP contribution is 2.48. The number of nitrogens with zero attached hydrogens (tertiary/aromatic N) is 1. The highest BCUT2D eigenvalue weighted by Gasteiger charge is 2.40. The number of aryl methyl sites for hydroxylation is 2. The van der Waals surface area contributed by atoms with Crippen molar-refractivity contribution >= 4 is 10.9 Å². The summed E-state index contributed by atoms with van der Waals surface area (Å²) in [6, 6.07) is 15.0. The van der Waals surface area contributed by atoms with Crippen molar-refractivity contribution in [1.29, 1.82) is 0 Å². The molecule has 0 amide bonds. The molecule has 1 aliphatic heterocycles. The minimum Gasteiger partial charge on any atom is -0.394 e. The van der Waals surface area contributed by atoms with Crippen LogP contribution in [0.25, 0.3) is 0 Å². The maximum atomic E-state index is 10.7. The van der Waals surface area contributed by atoms with Crippen molar-refractivity contribution in [3.63, 3.8) is 0 Å². The van der Waals surface area contributed by atoms with Gasteiger partial charge in [-0.25, -0.2) is 10.9 Å². The Morgan fingerprint density at radius 2 is 1.48 bits per heavy atom. The van der Waals surface area contributed by atoms with E-state index < -0.39 is 41.4 Å². The number of thiol groups is 1. The van der Waals surface area contributed by atoms with Crippen LogP contribution in [0.5, 0.6) is 0 Å². The molecule has 1 fully saturated rings. The van der Waals surface area contributed by atoms with Gasteiger partial charge in [0.25, 0.3) is 0 Å². The van der Waals surface area contributed by atoms with E-state index in [1.54, 1.807) is 0 Å². The van der Waals surface area contributed by atoms with Crippen LogP contribution in [0.3, 0.4) is 0 Å². The zero-order valence-electron chi connectivity index (χ0n) is 23.8. The molecule has 9 heteroatoms. The Bertz CT molecular complexity index is 1010. The molecule has 40 heavy (non-hydrogen) atoms. The van der Waals surface area contributed by atoms with Crippen LogP contribution in [-0.2, 0) is 12.8 Å². The zero-order chi connectivity index (χ0) is 29.2. The maximum absolute atomic E-state index is 10.7. The average molecular weight is 580 g/mol. The molecule has 3 rings (SSSR count). The van der Waals surface area contributed by atoms with E-state index >= 15 is 0 Å². The normalized spacial score (nSPS) is 25.7. The van der Waals surface area contributed by atoms with Gasteiger partial charge in [0.05, 0.1) is 37.6 Å². The first-order valence-corrected chi connectivity index (χ1v) is 16.4. The third-order valence-corrected chi connectivity index (χ3v) is 10.5. The summed E-state index contributed by atoms with van der Waals surface area (Å²) < 4.78 is 0. The van der Waals surface area contributed by atoms with Gasteiger partial charge in [-0.1, -0.05) is 48.9 Å². The summed E-state index contributed by atoms with van der Waals surface area (Å²) >= 11 is 0. The summed E-state index contributed by atoms with van der Waals surface area (Å²) in [6.45, 7) is 2.65. The van der Waals surface area contributed by atoms with E-state index in [0.29, 0.717) is 12.3 Å². The van der Waals surface area contributed by atoms with Gasteiger partial charge in [-0.3, -0.25) is 4.90 Å². The van der Waals surface area contributed by atoms with Crippen molar-refractivity contribution < 1.29 is 35.7 Å². The van der Waals surface area contributed by atoms with Crippen LogP contribution >= 0.6 is 10.9 Å². The lowest BCUT2D eigenvalue weighted by molar-refractivity contribution is -0.0561. The Labute approximate surface area is 241 Å². The number of aliphatic hydroxyl groups excluding tert-OH is 7. The van der Waals surface area contributed by atoms with Crippen molar-refractivity contribution in [2.45, 2.75) is 74.8 Å². The summed E-state index contributed by atoms with van der Waals surface area (Å²) in [7, 11) is -0.650. The molecule has 7 N–H and O–H groups in total. The van der Waals surface area contributed by atoms with E-state index in [2.05, 4.69) is 49.6 Å². The van der Waals surface area contributed by atoms with E-state index in [0.717, 1.165) is 37.7 Å². The van der Waals surface area contributed by atoms with Gasteiger partial charge in [-0.05, 0) is 73.2 Å². The lowest BCUT2D eigenvalue weighted by atomic mass is 9.93. The summed E-state index contributed by atoms with van der Waals surface area (Å²) in [6.07, 6.45) is 2.07. The average Bonchev–Trinajstić information content (AvgIpc) is 2.93. The van der Waals surface area contributed by atoms with E-state index in [4.69, 9.17) is 10.2 Å². The molecule has 1 aliphatic rings. The molecule has 7 atom stereocenters. The molecule has 1 heterocycles. The van der Waals surface area contributed by atoms with Gasteiger partial charge in [0, 0.05) is 24.1 Å². The molecule has 0 spiro atoms. The molecule has 1 saturated heterocycles.